The maximum absolute atomic E-state index is 13.4. The van der Waals surface area contributed by atoms with E-state index in [1.807, 2.05) is 48.5 Å². The van der Waals surface area contributed by atoms with E-state index in [1.54, 1.807) is 0 Å². The first kappa shape index (κ1) is 20.3. The fourth-order valence-corrected chi connectivity index (χ4v) is 4.58. The van der Waals surface area contributed by atoms with Crippen molar-refractivity contribution < 1.29 is 28.2 Å². The second kappa shape index (κ2) is 8.05. The van der Waals surface area contributed by atoms with Gasteiger partial charge in [-0.25, -0.2) is 18.4 Å². The molecule has 2 aromatic carbocycles. The largest absolute Gasteiger partial charge is 0.480 e. The van der Waals surface area contributed by atoms with Crippen molar-refractivity contribution in [2.24, 2.45) is 5.92 Å². The summed E-state index contributed by atoms with van der Waals surface area (Å²) in [7, 11) is 0. The third-order valence-electron chi connectivity index (χ3n) is 6.01. The topological polar surface area (TPSA) is 75.6 Å². The molecule has 2 atom stereocenters. The molecule has 2 aromatic rings. The summed E-state index contributed by atoms with van der Waals surface area (Å²) in [5.74, 6) is -4.58. The van der Waals surface area contributed by atoms with Gasteiger partial charge < -0.3 is 15.2 Å². The van der Waals surface area contributed by atoms with Crippen molar-refractivity contribution >= 4 is 12.1 Å². The minimum atomic E-state index is -2.75. The number of benzene rings is 2. The normalized spacial score (nSPS) is 20.3. The molecular formula is C23H23F2NO4. The van der Waals surface area contributed by atoms with Gasteiger partial charge >= 0.3 is 12.1 Å². The third-order valence-corrected chi connectivity index (χ3v) is 6.01. The van der Waals surface area contributed by atoms with Gasteiger partial charge in [0.2, 0.25) is 5.92 Å². The third kappa shape index (κ3) is 4.15. The lowest BCUT2D eigenvalue weighted by Gasteiger charge is -2.19. The number of carboxylic acid groups (broad SMARTS) is 1. The standard InChI is InChI=1S/C23H23F2NO4/c24-23(25)10-9-14(12-23)11-20(21(27)28)26-22(29)30-13-19-17-7-3-1-5-15(17)16-6-2-4-8-18(16)19/h1-8,14,19-20H,9-13H2,(H,26,29)(H,27,28). The van der Waals surface area contributed by atoms with Gasteiger partial charge in [-0.3, -0.25) is 0 Å². The van der Waals surface area contributed by atoms with E-state index in [9.17, 15) is 23.5 Å². The fourth-order valence-electron chi connectivity index (χ4n) is 4.58. The second-order valence-electron chi connectivity index (χ2n) is 8.06. The van der Waals surface area contributed by atoms with E-state index in [-0.39, 0.29) is 38.2 Å². The molecule has 0 aliphatic heterocycles. The zero-order valence-corrected chi connectivity index (χ0v) is 16.3. The molecule has 0 bridgehead atoms. The Balaban J connectivity index is 1.39. The highest BCUT2D eigenvalue weighted by Gasteiger charge is 2.41. The molecule has 2 N–H and O–H groups in total. The molecule has 30 heavy (non-hydrogen) atoms. The average Bonchev–Trinajstić information content (AvgIpc) is 3.22. The van der Waals surface area contributed by atoms with Crippen molar-refractivity contribution in [3.8, 4) is 11.1 Å². The zero-order valence-electron chi connectivity index (χ0n) is 16.3. The van der Waals surface area contributed by atoms with Gasteiger partial charge in [-0.2, -0.15) is 0 Å². The smallest absolute Gasteiger partial charge is 0.407 e. The van der Waals surface area contributed by atoms with E-state index in [0.29, 0.717) is 0 Å². The minimum absolute atomic E-state index is 0.0326. The van der Waals surface area contributed by atoms with Crippen LogP contribution in [0.4, 0.5) is 13.6 Å². The molecule has 0 radical (unpaired) electrons. The molecule has 2 unspecified atom stereocenters. The number of alkyl carbamates (subject to hydrolysis) is 1. The first-order valence-corrected chi connectivity index (χ1v) is 10.1. The number of nitrogens with one attached hydrogen (secondary N) is 1. The molecule has 4 rings (SSSR count). The van der Waals surface area contributed by atoms with E-state index in [4.69, 9.17) is 4.74 Å². The quantitative estimate of drug-likeness (QED) is 0.710. The van der Waals surface area contributed by atoms with Gasteiger partial charge in [-0.05, 0) is 41.0 Å². The summed E-state index contributed by atoms with van der Waals surface area (Å²) in [4.78, 5) is 23.8. The van der Waals surface area contributed by atoms with Crippen molar-refractivity contribution in [3.05, 3.63) is 59.7 Å². The number of ether oxygens (including phenoxy) is 1. The van der Waals surface area contributed by atoms with E-state index >= 15 is 0 Å². The molecule has 2 aliphatic rings. The summed E-state index contributed by atoms with van der Waals surface area (Å²) in [6.45, 7) is 0.0632. The lowest BCUT2D eigenvalue weighted by atomic mass is 9.98. The highest BCUT2D eigenvalue weighted by Crippen LogP contribution is 2.44. The van der Waals surface area contributed by atoms with Crippen molar-refractivity contribution in [2.45, 2.75) is 43.6 Å². The van der Waals surface area contributed by atoms with E-state index < -0.39 is 29.9 Å². The predicted octanol–water partition coefficient (Wildman–Crippen LogP) is 4.80. The minimum Gasteiger partial charge on any atom is -0.480 e. The van der Waals surface area contributed by atoms with Gasteiger partial charge in [0, 0.05) is 18.8 Å². The molecule has 0 saturated heterocycles. The molecular weight excluding hydrogens is 392 g/mol. The molecule has 0 spiro atoms. The Hall–Kier alpha value is -2.96. The van der Waals surface area contributed by atoms with Crippen molar-refractivity contribution in [1.82, 2.24) is 5.32 Å². The SMILES string of the molecule is O=C(NC(CC1CCC(F)(F)C1)C(=O)O)OCC1c2ccccc2-c2ccccc21. The summed E-state index contributed by atoms with van der Waals surface area (Å²) in [6.07, 6.45) is -1.22. The van der Waals surface area contributed by atoms with Crippen LogP contribution in [0.2, 0.25) is 0 Å². The predicted molar refractivity (Wildman–Crippen MR) is 107 cm³/mol. The molecule has 1 fully saturated rings. The Labute approximate surface area is 173 Å². The van der Waals surface area contributed by atoms with E-state index in [1.165, 1.54) is 0 Å². The lowest BCUT2D eigenvalue weighted by molar-refractivity contribution is -0.139. The number of rotatable bonds is 6. The average molecular weight is 415 g/mol. The van der Waals surface area contributed by atoms with Gasteiger partial charge in [-0.15, -0.1) is 0 Å². The number of fused-ring (bicyclic) bond motifs is 3. The van der Waals surface area contributed by atoms with Crippen LogP contribution in [-0.2, 0) is 9.53 Å². The first-order valence-electron chi connectivity index (χ1n) is 10.1. The molecule has 0 heterocycles. The van der Waals surface area contributed by atoms with E-state index in [2.05, 4.69) is 5.32 Å². The highest BCUT2D eigenvalue weighted by atomic mass is 19.3. The second-order valence-corrected chi connectivity index (χ2v) is 8.06. The first-order chi connectivity index (χ1) is 14.3. The van der Waals surface area contributed by atoms with Gasteiger partial charge in [0.15, 0.2) is 0 Å². The van der Waals surface area contributed by atoms with Crippen LogP contribution in [0.1, 0.15) is 42.7 Å². The van der Waals surface area contributed by atoms with Gasteiger partial charge in [0.25, 0.3) is 0 Å². The summed E-state index contributed by atoms with van der Waals surface area (Å²) >= 11 is 0. The number of carboxylic acids is 1. The molecule has 7 heteroatoms. The van der Waals surface area contributed by atoms with Gasteiger partial charge in [0.1, 0.15) is 12.6 Å². The Bertz CT molecular complexity index is 916. The molecule has 1 amide bonds. The summed E-state index contributed by atoms with van der Waals surface area (Å²) in [5, 5.41) is 11.7. The van der Waals surface area contributed by atoms with Crippen molar-refractivity contribution in [3.63, 3.8) is 0 Å². The summed E-state index contributed by atoms with van der Waals surface area (Å²) < 4.78 is 32.1. The molecule has 1 saturated carbocycles. The van der Waals surface area contributed by atoms with Crippen LogP contribution < -0.4 is 5.32 Å². The maximum Gasteiger partial charge on any atom is 0.407 e. The van der Waals surface area contributed by atoms with E-state index in [0.717, 1.165) is 22.3 Å². The monoisotopic (exact) mass is 415 g/mol. The number of amides is 1. The fraction of sp³-hybridized carbons (Fsp3) is 0.391. The molecule has 2 aliphatic carbocycles. The maximum atomic E-state index is 13.4. The number of hydrogen-bond donors (Lipinski definition) is 2. The molecule has 5 nitrogen and oxygen atoms in total. The molecule has 0 aromatic heterocycles. The van der Waals surface area contributed by atoms with Crippen LogP contribution in [0.3, 0.4) is 0 Å². The van der Waals surface area contributed by atoms with Crippen LogP contribution in [0.15, 0.2) is 48.5 Å². The number of carbonyl (C=O) groups excluding carboxylic acids is 1. The Morgan fingerprint density at radius 2 is 1.70 bits per heavy atom. The Kier molecular flexibility index (Phi) is 5.45. The van der Waals surface area contributed by atoms with Crippen molar-refractivity contribution in [1.29, 1.82) is 0 Å². The number of halogens is 2. The van der Waals surface area contributed by atoms with Crippen LogP contribution in [0.5, 0.6) is 0 Å². The van der Waals surface area contributed by atoms with Gasteiger partial charge in [-0.1, -0.05) is 48.5 Å². The highest BCUT2D eigenvalue weighted by molar-refractivity contribution is 5.81. The summed E-state index contributed by atoms with van der Waals surface area (Å²) in [5.41, 5.74) is 4.28. The lowest BCUT2D eigenvalue weighted by Crippen LogP contribution is -2.42. The van der Waals surface area contributed by atoms with Crippen LogP contribution >= 0.6 is 0 Å². The number of carbonyl (C=O) groups is 2. The Morgan fingerprint density at radius 1 is 1.10 bits per heavy atom. The van der Waals surface area contributed by atoms with Crippen molar-refractivity contribution in [2.75, 3.05) is 6.61 Å². The van der Waals surface area contributed by atoms with Crippen LogP contribution in [0, 0.1) is 5.92 Å². The summed E-state index contributed by atoms with van der Waals surface area (Å²) in [6, 6.07) is 14.5. The number of alkyl halides is 2. The molecule has 158 valence electrons. The van der Waals surface area contributed by atoms with Crippen LogP contribution in [0.25, 0.3) is 11.1 Å². The number of aliphatic carboxylic acids is 1. The zero-order chi connectivity index (χ0) is 21.3. The number of hydrogen-bond acceptors (Lipinski definition) is 3. The Morgan fingerprint density at radius 3 is 2.23 bits per heavy atom. The van der Waals surface area contributed by atoms with Gasteiger partial charge in [0.05, 0.1) is 0 Å². The van der Waals surface area contributed by atoms with Crippen LogP contribution in [-0.4, -0.2) is 35.7 Å².